The summed E-state index contributed by atoms with van der Waals surface area (Å²) in [6, 6.07) is 9.13. The lowest BCUT2D eigenvalue weighted by Crippen LogP contribution is -2.46. The fraction of sp³-hybridized carbons (Fsp3) is 0.652. The van der Waals surface area contributed by atoms with Crippen molar-refractivity contribution in [2.45, 2.75) is 57.8 Å². The number of amides is 2. The van der Waals surface area contributed by atoms with E-state index in [9.17, 15) is 9.59 Å². The number of nitrogens with zero attached hydrogens (tertiary/aromatic N) is 1. The van der Waals surface area contributed by atoms with Gasteiger partial charge in [0.2, 0.25) is 5.91 Å². The van der Waals surface area contributed by atoms with Gasteiger partial charge in [-0.25, -0.2) is 4.79 Å². The molecule has 154 valence electrons. The van der Waals surface area contributed by atoms with Crippen molar-refractivity contribution in [2.75, 3.05) is 26.7 Å². The van der Waals surface area contributed by atoms with Crippen LogP contribution in [-0.4, -0.2) is 43.6 Å². The lowest BCUT2D eigenvalue weighted by Gasteiger charge is -2.34. The Hall–Kier alpha value is -2.04. The predicted molar refractivity (Wildman–Crippen MR) is 110 cm³/mol. The fourth-order valence-corrected chi connectivity index (χ4v) is 4.56. The van der Waals surface area contributed by atoms with E-state index in [4.69, 9.17) is 0 Å². The van der Waals surface area contributed by atoms with Crippen LogP contribution in [0.2, 0.25) is 0 Å². The molecule has 0 bridgehead atoms. The van der Waals surface area contributed by atoms with E-state index in [2.05, 4.69) is 55.1 Å². The monoisotopic (exact) mass is 386 g/mol. The molecule has 1 heterocycles. The van der Waals surface area contributed by atoms with Gasteiger partial charge in [0.1, 0.15) is 0 Å². The van der Waals surface area contributed by atoms with Crippen molar-refractivity contribution in [2.24, 2.45) is 11.8 Å². The van der Waals surface area contributed by atoms with Crippen LogP contribution in [0.25, 0.3) is 0 Å². The molecule has 3 rings (SSSR count). The zero-order valence-corrected chi connectivity index (χ0v) is 17.9. The van der Waals surface area contributed by atoms with Crippen LogP contribution >= 0.6 is 0 Å². The number of carbonyl (C=O) groups is 2. The van der Waals surface area contributed by atoms with Crippen molar-refractivity contribution in [1.29, 1.82) is 0 Å². The van der Waals surface area contributed by atoms with Crippen molar-refractivity contribution in [3.8, 4) is 0 Å². The molecule has 2 fully saturated rings. The first-order chi connectivity index (χ1) is 13.2. The van der Waals surface area contributed by atoms with Crippen LogP contribution in [-0.2, 0) is 20.4 Å². The molecule has 1 saturated heterocycles. The minimum atomic E-state index is -0.482. The van der Waals surface area contributed by atoms with Gasteiger partial charge in [0.15, 0.2) is 0 Å². The summed E-state index contributed by atoms with van der Waals surface area (Å²) in [6.07, 6.45) is 2.43. The highest BCUT2D eigenvalue weighted by atomic mass is 16.5. The number of benzene rings is 1. The average Bonchev–Trinajstić information content (AvgIpc) is 3.42. The van der Waals surface area contributed by atoms with Gasteiger partial charge < -0.3 is 15.0 Å². The van der Waals surface area contributed by atoms with E-state index >= 15 is 0 Å². The lowest BCUT2D eigenvalue weighted by atomic mass is 9.82. The summed E-state index contributed by atoms with van der Waals surface area (Å²) in [5.41, 5.74) is 3.22. The van der Waals surface area contributed by atoms with Gasteiger partial charge in [0.25, 0.3) is 0 Å². The molecule has 1 aromatic carbocycles. The van der Waals surface area contributed by atoms with Crippen LogP contribution in [0.15, 0.2) is 24.3 Å². The summed E-state index contributed by atoms with van der Waals surface area (Å²) in [4.78, 5) is 26.2. The number of likely N-dealkylation sites (tertiary alicyclic amines) is 1. The van der Waals surface area contributed by atoms with Gasteiger partial charge in [-0.2, -0.15) is 0 Å². The summed E-state index contributed by atoms with van der Waals surface area (Å²) in [5.74, 6) is 0.524. The minimum absolute atomic E-state index is 0.155. The molecule has 2 amide bonds. The molecule has 2 aliphatic rings. The molecule has 0 radical (unpaired) electrons. The topological polar surface area (TPSA) is 58.6 Å². The van der Waals surface area contributed by atoms with Crippen LogP contribution in [0.5, 0.6) is 0 Å². The second kappa shape index (κ2) is 7.76. The number of piperidine rings is 1. The third kappa shape index (κ3) is 4.03. The maximum Gasteiger partial charge on any atom is 0.406 e. The Labute approximate surface area is 168 Å². The number of ether oxygens (including phenoxy) is 1. The number of hydrogen-bond acceptors (Lipinski definition) is 3. The largest absolute Gasteiger partial charge is 0.453 e. The number of nitrogens with one attached hydrogen (secondary N) is 1. The van der Waals surface area contributed by atoms with Gasteiger partial charge in [-0.05, 0) is 41.7 Å². The molecule has 1 aliphatic heterocycles. The van der Waals surface area contributed by atoms with Crippen molar-refractivity contribution in [1.82, 2.24) is 10.2 Å². The third-order valence-corrected chi connectivity index (χ3v) is 6.66. The Morgan fingerprint density at radius 1 is 1.29 bits per heavy atom. The van der Waals surface area contributed by atoms with E-state index in [0.29, 0.717) is 18.9 Å². The summed E-state index contributed by atoms with van der Waals surface area (Å²) in [6.45, 7) is 10.7. The number of methoxy groups -OCH3 is 1. The molecular formula is C23H34N2O3. The fourth-order valence-electron chi connectivity index (χ4n) is 4.56. The predicted octanol–water partition coefficient (Wildman–Crippen LogP) is 3.86. The van der Waals surface area contributed by atoms with Crippen LogP contribution in [0, 0.1) is 11.8 Å². The molecule has 1 aliphatic carbocycles. The molecule has 3 atom stereocenters. The summed E-state index contributed by atoms with van der Waals surface area (Å²) < 4.78 is 4.61. The smallest absolute Gasteiger partial charge is 0.406 e. The van der Waals surface area contributed by atoms with Gasteiger partial charge in [-0.3, -0.25) is 4.79 Å². The highest BCUT2D eigenvalue weighted by Crippen LogP contribution is 2.59. The highest BCUT2D eigenvalue weighted by molar-refractivity contribution is 5.80. The van der Waals surface area contributed by atoms with Gasteiger partial charge in [-0.15, -0.1) is 0 Å². The highest BCUT2D eigenvalue weighted by Gasteiger charge is 2.58. The Balaban J connectivity index is 1.61. The summed E-state index contributed by atoms with van der Waals surface area (Å²) >= 11 is 0. The summed E-state index contributed by atoms with van der Waals surface area (Å²) in [7, 11) is 1.34. The van der Waals surface area contributed by atoms with Crippen LogP contribution in [0.1, 0.15) is 58.1 Å². The molecular weight excluding hydrogens is 352 g/mol. The molecule has 1 N–H and O–H groups in total. The maximum atomic E-state index is 12.9. The van der Waals surface area contributed by atoms with Gasteiger partial charge in [0.05, 0.1) is 13.0 Å². The van der Waals surface area contributed by atoms with E-state index < -0.39 is 6.09 Å². The van der Waals surface area contributed by atoms with Crippen molar-refractivity contribution >= 4 is 12.0 Å². The van der Waals surface area contributed by atoms with Gasteiger partial charge in [0, 0.05) is 25.0 Å². The van der Waals surface area contributed by atoms with Crippen molar-refractivity contribution in [3.63, 3.8) is 0 Å². The number of fused-ring (bicyclic) bond motifs is 1. The second-order valence-electron chi connectivity index (χ2n) is 9.40. The van der Waals surface area contributed by atoms with E-state index in [1.807, 2.05) is 11.8 Å². The zero-order chi connectivity index (χ0) is 20.5. The van der Waals surface area contributed by atoms with Crippen LogP contribution in [0.3, 0.4) is 0 Å². The number of alkyl carbamates (subject to hydrolysis) is 1. The van der Waals surface area contributed by atoms with Gasteiger partial charge >= 0.3 is 6.09 Å². The number of hydrogen-bond donors (Lipinski definition) is 1. The van der Waals surface area contributed by atoms with Crippen molar-refractivity contribution in [3.05, 3.63) is 35.4 Å². The molecule has 1 aromatic rings. The van der Waals surface area contributed by atoms with Gasteiger partial charge in [-0.1, -0.05) is 52.0 Å². The first-order valence-electron chi connectivity index (χ1n) is 10.4. The second-order valence-corrected chi connectivity index (χ2v) is 9.40. The Morgan fingerprint density at radius 2 is 1.96 bits per heavy atom. The molecule has 5 heteroatoms. The first kappa shape index (κ1) is 20.7. The normalized spacial score (nSPS) is 24.9. The first-order valence-corrected chi connectivity index (χ1v) is 10.4. The number of carbonyl (C=O) groups excluding carboxylic acids is 2. The molecule has 0 spiro atoms. The van der Waals surface area contributed by atoms with Crippen molar-refractivity contribution < 1.29 is 14.3 Å². The van der Waals surface area contributed by atoms with E-state index in [0.717, 1.165) is 19.5 Å². The third-order valence-electron chi connectivity index (χ3n) is 6.66. The van der Waals surface area contributed by atoms with E-state index in [1.54, 1.807) is 0 Å². The Bertz CT molecular complexity index is 722. The van der Waals surface area contributed by atoms with E-state index in [1.165, 1.54) is 24.7 Å². The maximum absolute atomic E-state index is 12.9. The molecule has 3 unspecified atom stereocenters. The molecule has 5 nitrogen and oxygen atoms in total. The molecule has 28 heavy (non-hydrogen) atoms. The Morgan fingerprint density at radius 3 is 2.50 bits per heavy atom. The van der Waals surface area contributed by atoms with Crippen LogP contribution < -0.4 is 5.32 Å². The standard InChI is InChI=1S/C23H34N2O3/c1-6-16(14-24-21(27)28-5)20(26)25-12-11-23(13-19(23)15-25)18-9-7-17(8-10-18)22(2,3)4/h7-10,16,19H,6,11-15H2,1-5H3,(H,24,27). The zero-order valence-electron chi connectivity index (χ0n) is 17.9. The number of rotatable bonds is 5. The molecule has 1 saturated carbocycles. The lowest BCUT2D eigenvalue weighted by molar-refractivity contribution is -0.136. The summed E-state index contributed by atoms with van der Waals surface area (Å²) in [5, 5.41) is 2.67. The quantitative estimate of drug-likeness (QED) is 0.836. The SMILES string of the molecule is CCC(CNC(=O)OC)C(=O)N1CCC2(c3ccc(C(C)(C)C)cc3)CC2C1. The van der Waals surface area contributed by atoms with Crippen LogP contribution in [0.4, 0.5) is 4.79 Å². The van der Waals surface area contributed by atoms with E-state index in [-0.39, 0.29) is 22.7 Å². The minimum Gasteiger partial charge on any atom is -0.453 e. The Kier molecular flexibility index (Phi) is 5.74. The average molecular weight is 387 g/mol. The molecule has 0 aromatic heterocycles.